The van der Waals surface area contributed by atoms with Crippen molar-refractivity contribution >= 4 is 57.1 Å². The molecule has 2 N–H and O–H groups in total. The monoisotopic (exact) mass is 408 g/mol. The Hall–Kier alpha value is -1.96. The van der Waals surface area contributed by atoms with Crippen molar-refractivity contribution in [1.29, 1.82) is 0 Å². The maximum atomic E-state index is 12.4. The highest BCUT2D eigenvalue weighted by atomic mass is 35.5. The zero-order valence-electron chi connectivity index (χ0n) is 14.1. The number of esters is 1. The molecular formula is C18H17ClN2O3S2. The molecule has 26 heavy (non-hydrogen) atoms. The topological polar surface area (TPSA) is 67.4 Å². The van der Waals surface area contributed by atoms with Gasteiger partial charge in [0.15, 0.2) is 5.11 Å². The molecule has 0 radical (unpaired) electrons. The minimum absolute atomic E-state index is 0.111. The Bertz CT molecular complexity index is 879. The lowest BCUT2D eigenvalue weighted by molar-refractivity contribution is 0.0527. The molecule has 1 aromatic heterocycles. The normalized spacial score (nSPS) is 12.4. The predicted molar refractivity (Wildman–Crippen MR) is 107 cm³/mol. The molecule has 1 aliphatic carbocycles. The van der Waals surface area contributed by atoms with Gasteiger partial charge >= 0.3 is 5.97 Å². The van der Waals surface area contributed by atoms with E-state index in [0.29, 0.717) is 27.8 Å². The largest absolute Gasteiger partial charge is 0.462 e. The second-order valence-electron chi connectivity index (χ2n) is 5.67. The van der Waals surface area contributed by atoms with Crippen LogP contribution in [0.2, 0.25) is 5.02 Å². The van der Waals surface area contributed by atoms with Crippen molar-refractivity contribution in [3.05, 3.63) is 50.9 Å². The van der Waals surface area contributed by atoms with E-state index in [2.05, 4.69) is 10.6 Å². The number of hydrogen-bond acceptors (Lipinski definition) is 5. The number of carbonyl (C=O) groups excluding carboxylic acids is 2. The van der Waals surface area contributed by atoms with Crippen molar-refractivity contribution in [2.24, 2.45) is 0 Å². The fourth-order valence-electron chi connectivity index (χ4n) is 2.86. The van der Waals surface area contributed by atoms with Crippen molar-refractivity contribution in [3.63, 3.8) is 0 Å². The number of rotatable bonds is 4. The van der Waals surface area contributed by atoms with Crippen LogP contribution in [0.3, 0.4) is 0 Å². The van der Waals surface area contributed by atoms with E-state index in [1.54, 1.807) is 31.2 Å². The number of carbonyl (C=O) groups is 2. The summed E-state index contributed by atoms with van der Waals surface area (Å²) in [5.41, 5.74) is 1.88. The lowest BCUT2D eigenvalue weighted by atomic mass is 10.1. The van der Waals surface area contributed by atoms with Crippen LogP contribution in [0.15, 0.2) is 24.3 Å². The molecule has 0 aliphatic heterocycles. The Kier molecular flexibility index (Phi) is 5.90. The summed E-state index contributed by atoms with van der Waals surface area (Å²) >= 11 is 12.8. The number of amides is 1. The molecule has 1 heterocycles. The molecule has 1 amide bonds. The average molecular weight is 409 g/mol. The third-order valence-electron chi connectivity index (χ3n) is 3.97. The molecule has 0 fully saturated rings. The van der Waals surface area contributed by atoms with Crippen LogP contribution in [0.5, 0.6) is 0 Å². The Morgan fingerprint density at radius 3 is 2.81 bits per heavy atom. The summed E-state index contributed by atoms with van der Waals surface area (Å²) in [6.07, 6.45) is 2.81. The van der Waals surface area contributed by atoms with Crippen LogP contribution in [-0.2, 0) is 17.6 Å². The smallest absolute Gasteiger partial charge is 0.341 e. The van der Waals surface area contributed by atoms with Gasteiger partial charge in [0.05, 0.1) is 22.8 Å². The fourth-order valence-corrected chi connectivity index (χ4v) is 4.62. The Balaban J connectivity index is 1.77. The lowest BCUT2D eigenvalue weighted by Gasteiger charge is -2.11. The fraction of sp³-hybridized carbons (Fsp3) is 0.278. The van der Waals surface area contributed by atoms with E-state index in [4.69, 9.17) is 28.6 Å². The van der Waals surface area contributed by atoms with Gasteiger partial charge in [-0.05, 0) is 56.1 Å². The highest BCUT2D eigenvalue weighted by Crippen LogP contribution is 2.39. The van der Waals surface area contributed by atoms with Crippen LogP contribution in [0.4, 0.5) is 5.00 Å². The number of benzene rings is 1. The molecule has 0 saturated carbocycles. The van der Waals surface area contributed by atoms with E-state index in [0.717, 1.165) is 29.7 Å². The number of ether oxygens (including phenoxy) is 1. The van der Waals surface area contributed by atoms with Crippen LogP contribution < -0.4 is 10.6 Å². The number of thiocarbonyl (C=S) groups is 1. The molecule has 136 valence electrons. The summed E-state index contributed by atoms with van der Waals surface area (Å²) in [6, 6.07) is 6.72. The third kappa shape index (κ3) is 3.90. The summed E-state index contributed by atoms with van der Waals surface area (Å²) in [4.78, 5) is 25.8. The molecule has 1 aromatic carbocycles. The van der Waals surface area contributed by atoms with E-state index in [1.165, 1.54) is 11.3 Å². The van der Waals surface area contributed by atoms with E-state index >= 15 is 0 Å². The van der Waals surface area contributed by atoms with Crippen molar-refractivity contribution in [3.8, 4) is 0 Å². The maximum absolute atomic E-state index is 12.4. The van der Waals surface area contributed by atoms with Crippen LogP contribution in [0.25, 0.3) is 0 Å². The predicted octanol–water partition coefficient (Wildman–Crippen LogP) is 4.19. The summed E-state index contributed by atoms with van der Waals surface area (Å²) in [6.45, 7) is 2.07. The highest BCUT2D eigenvalue weighted by Gasteiger charge is 2.28. The molecule has 5 nitrogen and oxygen atoms in total. The summed E-state index contributed by atoms with van der Waals surface area (Å²) in [5.74, 6) is -0.774. The molecule has 0 spiro atoms. The maximum Gasteiger partial charge on any atom is 0.341 e. The number of thiophene rings is 1. The van der Waals surface area contributed by atoms with Gasteiger partial charge in [0, 0.05) is 4.88 Å². The van der Waals surface area contributed by atoms with Gasteiger partial charge in [0.2, 0.25) is 0 Å². The van der Waals surface area contributed by atoms with Gasteiger partial charge in [-0.1, -0.05) is 23.7 Å². The number of aryl methyl sites for hydroxylation is 1. The molecule has 0 bridgehead atoms. The van der Waals surface area contributed by atoms with Gasteiger partial charge in [-0.2, -0.15) is 0 Å². The SMILES string of the molecule is CCOC(=O)c1c(NC(=S)NC(=O)c2ccccc2Cl)sc2c1CCC2. The molecule has 0 unspecified atom stereocenters. The molecule has 0 atom stereocenters. The molecule has 2 aromatic rings. The van der Waals surface area contributed by atoms with Crippen LogP contribution in [0.1, 0.15) is 44.5 Å². The van der Waals surface area contributed by atoms with Gasteiger partial charge in [-0.3, -0.25) is 10.1 Å². The minimum atomic E-state index is -0.408. The van der Waals surface area contributed by atoms with Crippen molar-refractivity contribution in [1.82, 2.24) is 5.32 Å². The van der Waals surface area contributed by atoms with E-state index in [9.17, 15) is 9.59 Å². The summed E-state index contributed by atoms with van der Waals surface area (Å²) in [5, 5.41) is 6.64. The first-order valence-corrected chi connectivity index (χ1v) is 9.80. The highest BCUT2D eigenvalue weighted by molar-refractivity contribution is 7.80. The quantitative estimate of drug-likeness (QED) is 0.586. The van der Waals surface area contributed by atoms with Crippen molar-refractivity contribution in [2.45, 2.75) is 26.2 Å². The number of anilines is 1. The Labute approximate surface area is 165 Å². The first-order chi connectivity index (χ1) is 12.5. The van der Waals surface area contributed by atoms with Crippen LogP contribution >= 0.6 is 35.2 Å². The average Bonchev–Trinajstić information content (AvgIpc) is 3.15. The number of hydrogen-bond donors (Lipinski definition) is 2. The number of halogens is 1. The van der Waals surface area contributed by atoms with E-state index in [-0.39, 0.29) is 11.1 Å². The zero-order valence-corrected chi connectivity index (χ0v) is 16.4. The Morgan fingerprint density at radius 2 is 2.08 bits per heavy atom. The van der Waals surface area contributed by atoms with Gasteiger partial charge in [0.1, 0.15) is 5.00 Å². The Morgan fingerprint density at radius 1 is 1.31 bits per heavy atom. The van der Waals surface area contributed by atoms with Gasteiger partial charge in [0.25, 0.3) is 5.91 Å². The van der Waals surface area contributed by atoms with Crippen molar-refractivity contribution in [2.75, 3.05) is 11.9 Å². The molecule has 0 saturated heterocycles. The van der Waals surface area contributed by atoms with Crippen LogP contribution in [-0.4, -0.2) is 23.6 Å². The minimum Gasteiger partial charge on any atom is -0.462 e. The van der Waals surface area contributed by atoms with Gasteiger partial charge < -0.3 is 10.1 Å². The standard InChI is InChI=1S/C18H17ClN2O3S2/c1-2-24-17(23)14-11-7-5-9-13(11)26-16(14)21-18(25)20-15(22)10-6-3-4-8-12(10)19/h3-4,6,8H,2,5,7,9H2,1H3,(H2,20,21,22,25). The molecular weight excluding hydrogens is 392 g/mol. The van der Waals surface area contributed by atoms with E-state index in [1.807, 2.05) is 0 Å². The molecule has 3 rings (SSSR count). The lowest BCUT2D eigenvalue weighted by Crippen LogP contribution is -2.34. The second kappa shape index (κ2) is 8.16. The van der Waals surface area contributed by atoms with Crippen molar-refractivity contribution < 1.29 is 14.3 Å². The first kappa shape index (κ1) is 18.8. The van der Waals surface area contributed by atoms with Gasteiger partial charge in [-0.25, -0.2) is 4.79 Å². The number of nitrogens with one attached hydrogen (secondary N) is 2. The van der Waals surface area contributed by atoms with E-state index < -0.39 is 5.91 Å². The number of fused-ring (bicyclic) bond motifs is 1. The first-order valence-electron chi connectivity index (χ1n) is 8.19. The second-order valence-corrected chi connectivity index (χ2v) is 7.59. The zero-order chi connectivity index (χ0) is 18.7. The molecule has 1 aliphatic rings. The van der Waals surface area contributed by atoms with Gasteiger partial charge in [-0.15, -0.1) is 11.3 Å². The molecule has 8 heteroatoms. The van der Waals surface area contributed by atoms with Crippen LogP contribution in [0, 0.1) is 0 Å². The summed E-state index contributed by atoms with van der Waals surface area (Å²) in [7, 11) is 0. The third-order valence-corrected chi connectivity index (χ3v) is 5.71. The summed E-state index contributed by atoms with van der Waals surface area (Å²) < 4.78 is 5.18.